The molecular formula is C24H16Cl2FNO3S. The van der Waals surface area contributed by atoms with Gasteiger partial charge in [0.25, 0.3) is 11.1 Å². The van der Waals surface area contributed by atoms with Crippen LogP contribution in [-0.2, 0) is 17.9 Å². The Morgan fingerprint density at radius 3 is 2.50 bits per heavy atom. The Morgan fingerprint density at radius 2 is 1.72 bits per heavy atom. The summed E-state index contributed by atoms with van der Waals surface area (Å²) < 4.78 is 19.6. The van der Waals surface area contributed by atoms with Crippen molar-refractivity contribution in [2.45, 2.75) is 13.2 Å². The minimum atomic E-state index is -0.444. The van der Waals surface area contributed by atoms with Gasteiger partial charge >= 0.3 is 0 Å². The summed E-state index contributed by atoms with van der Waals surface area (Å²) in [6, 6.07) is 18.5. The maximum absolute atomic E-state index is 13.9. The lowest BCUT2D eigenvalue weighted by Gasteiger charge is -2.13. The first-order valence-corrected chi connectivity index (χ1v) is 11.1. The number of hydrogen-bond acceptors (Lipinski definition) is 4. The van der Waals surface area contributed by atoms with Gasteiger partial charge < -0.3 is 4.74 Å². The second-order valence-corrected chi connectivity index (χ2v) is 8.73. The minimum Gasteiger partial charge on any atom is -0.489 e. The van der Waals surface area contributed by atoms with Crippen LogP contribution in [0.1, 0.15) is 16.7 Å². The van der Waals surface area contributed by atoms with Gasteiger partial charge in [-0.3, -0.25) is 14.5 Å². The van der Waals surface area contributed by atoms with Gasteiger partial charge in [-0.05, 0) is 59.3 Å². The van der Waals surface area contributed by atoms with Crippen LogP contribution >= 0.6 is 35.0 Å². The molecule has 162 valence electrons. The number of carbonyl (C=O) groups is 2. The fraction of sp³-hybridized carbons (Fsp3) is 0.0833. The van der Waals surface area contributed by atoms with Gasteiger partial charge in [0.2, 0.25) is 0 Å². The van der Waals surface area contributed by atoms with Gasteiger partial charge in [-0.2, -0.15) is 0 Å². The zero-order chi connectivity index (χ0) is 22.7. The second-order valence-electron chi connectivity index (χ2n) is 6.92. The molecule has 4 rings (SSSR count). The van der Waals surface area contributed by atoms with E-state index in [1.807, 2.05) is 0 Å². The highest BCUT2D eigenvalue weighted by atomic mass is 35.5. The zero-order valence-electron chi connectivity index (χ0n) is 16.6. The van der Waals surface area contributed by atoms with E-state index in [2.05, 4.69) is 0 Å². The molecule has 0 unspecified atom stereocenters. The number of ether oxygens (including phenoxy) is 1. The molecule has 0 aromatic heterocycles. The highest BCUT2D eigenvalue weighted by Gasteiger charge is 2.35. The Kier molecular flexibility index (Phi) is 6.84. The van der Waals surface area contributed by atoms with E-state index in [1.54, 1.807) is 60.7 Å². The number of nitrogens with zero attached hydrogens (tertiary/aromatic N) is 1. The van der Waals surface area contributed by atoms with E-state index < -0.39 is 5.82 Å². The molecular weight excluding hydrogens is 472 g/mol. The fourth-order valence-corrected chi connectivity index (χ4v) is 4.36. The van der Waals surface area contributed by atoms with E-state index in [-0.39, 0.29) is 34.9 Å². The maximum atomic E-state index is 13.9. The highest BCUT2D eigenvalue weighted by Crippen LogP contribution is 2.34. The average molecular weight is 488 g/mol. The first-order valence-electron chi connectivity index (χ1n) is 9.57. The van der Waals surface area contributed by atoms with Crippen LogP contribution in [0.3, 0.4) is 0 Å². The Balaban J connectivity index is 1.49. The number of hydrogen-bond donors (Lipinski definition) is 0. The number of imide groups is 1. The number of thioether (sulfide) groups is 1. The van der Waals surface area contributed by atoms with Crippen LogP contribution in [0, 0.1) is 5.82 Å². The van der Waals surface area contributed by atoms with Gasteiger partial charge in [0.1, 0.15) is 18.2 Å². The van der Waals surface area contributed by atoms with Crippen molar-refractivity contribution in [1.29, 1.82) is 0 Å². The number of halogens is 3. The van der Waals surface area contributed by atoms with Crippen molar-refractivity contribution in [3.63, 3.8) is 0 Å². The van der Waals surface area contributed by atoms with E-state index in [0.29, 0.717) is 26.8 Å². The lowest BCUT2D eigenvalue weighted by Crippen LogP contribution is -2.27. The number of carbonyl (C=O) groups excluding carboxylic acids is 2. The maximum Gasteiger partial charge on any atom is 0.293 e. The molecule has 0 atom stereocenters. The smallest absolute Gasteiger partial charge is 0.293 e. The molecule has 1 saturated heterocycles. The van der Waals surface area contributed by atoms with Gasteiger partial charge in [0, 0.05) is 10.6 Å². The molecule has 2 amide bonds. The van der Waals surface area contributed by atoms with Crippen LogP contribution in [-0.4, -0.2) is 16.0 Å². The summed E-state index contributed by atoms with van der Waals surface area (Å²) >= 11 is 13.1. The second kappa shape index (κ2) is 9.77. The quantitative estimate of drug-likeness (QED) is 0.353. The predicted molar refractivity (Wildman–Crippen MR) is 125 cm³/mol. The molecule has 4 nitrogen and oxygen atoms in total. The van der Waals surface area contributed by atoms with Crippen molar-refractivity contribution in [3.8, 4) is 5.75 Å². The van der Waals surface area contributed by atoms with Crippen LogP contribution < -0.4 is 4.74 Å². The molecule has 8 heteroatoms. The number of benzene rings is 3. The molecule has 0 spiro atoms. The summed E-state index contributed by atoms with van der Waals surface area (Å²) in [5.74, 6) is -0.349. The van der Waals surface area contributed by atoms with Crippen LogP contribution in [0.5, 0.6) is 5.75 Å². The Morgan fingerprint density at radius 1 is 0.969 bits per heavy atom. The molecule has 1 aliphatic heterocycles. The van der Waals surface area contributed by atoms with Crippen molar-refractivity contribution < 1.29 is 18.7 Å². The third-order valence-corrected chi connectivity index (χ3v) is 6.39. The summed E-state index contributed by atoms with van der Waals surface area (Å²) in [5.41, 5.74) is 1.63. The molecule has 0 N–H and O–H groups in total. The topological polar surface area (TPSA) is 46.6 Å². The van der Waals surface area contributed by atoms with Gasteiger partial charge in [0.05, 0.1) is 16.5 Å². The van der Waals surface area contributed by atoms with E-state index in [9.17, 15) is 14.0 Å². The van der Waals surface area contributed by atoms with Gasteiger partial charge in [0.15, 0.2) is 0 Å². The first-order chi connectivity index (χ1) is 15.4. The van der Waals surface area contributed by atoms with Crippen LogP contribution in [0.15, 0.2) is 71.6 Å². The molecule has 0 aliphatic carbocycles. The Labute approximate surface area is 198 Å². The summed E-state index contributed by atoms with van der Waals surface area (Å²) in [4.78, 5) is 26.7. The van der Waals surface area contributed by atoms with Crippen molar-refractivity contribution in [2.24, 2.45) is 0 Å². The largest absolute Gasteiger partial charge is 0.489 e. The third-order valence-electron chi connectivity index (χ3n) is 4.76. The Hall–Kier alpha value is -2.80. The summed E-state index contributed by atoms with van der Waals surface area (Å²) in [6.45, 7) is 0.0670. The fourth-order valence-electron chi connectivity index (χ4n) is 3.10. The van der Waals surface area contributed by atoms with Crippen molar-refractivity contribution in [1.82, 2.24) is 4.90 Å². The summed E-state index contributed by atoms with van der Waals surface area (Å²) in [5, 5.41) is 0.423. The van der Waals surface area contributed by atoms with E-state index in [0.717, 1.165) is 16.7 Å². The monoisotopic (exact) mass is 487 g/mol. The molecule has 3 aromatic carbocycles. The predicted octanol–water partition coefficient (Wildman–Crippen LogP) is 6.95. The molecule has 32 heavy (non-hydrogen) atoms. The van der Waals surface area contributed by atoms with Crippen LogP contribution in [0.25, 0.3) is 6.08 Å². The molecule has 0 bridgehead atoms. The zero-order valence-corrected chi connectivity index (χ0v) is 18.9. The van der Waals surface area contributed by atoms with E-state index in [4.69, 9.17) is 27.9 Å². The number of amides is 2. The lowest BCUT2D eigenvalue weighted by molar-refractivity contribution is -0.123. The molecule has 0 saturated carbocycles. The van der Waals surface area contributed by atoms with Crippen molar-refractivity contribution in [2.75, 3.05) is 0 Å². The van der Waals surface area contributed by atoms with Crippen LogP contribution in [0.2, 0.25) is 10.0 Å². The van der Waals surface area contributed by atoms with E-state index in [1.165, 1.54) is 12.1 Å². The molecule has 1 fully saturated rings. The summed E-state index contributed by atoms with van der Waals surface area (Å²) in [6.07, 6.45) is 1.63. The molecule has 1 aliphatic rings. The molecule has 0 radical (unpaired) electrons. The van der Waals surface area contributed by atoms with E-state index >= 15 is 0 Å². The normalized spacial score (nSPS) is 15.0. The summed E-state index contributed by atoms with van der Waals surface area (Å²) in [7, 11) is 0. The highest BCUT2D eigenvalue weighted by molar-refractivity contribution is 8.18. The lowest BCUT2D eigenvalue weighted by atomic mass is 10.2. The third kappa shape index (κ3) is 4.99. The standard InChI is InChI=1S/C24H16Cl2FNO3S/c25-19-8-2-1-6-16(19)13-28-23(29)22(32-24(28)30)12-15-5-3-7-17(11-15)31-14-18-20(26)9-4-10-21(18)27/h1-12H,13-14H2/b22-12+. The van der Waals surface area contributed by atoms with Gasteiger partial charge in [-0.15, -0.1) is 0 Å². The van der Waals surface area contributed by atoms with Crippen molar-refractivity contribution >= 4 is 52.2 Å². The first kappa shape index (κ1) is 22.4. The SMILES string of the molecule is O=C1S/C(=C/c2cccc(OCc3c(F)cccc3Cl)c2)C(=O)N1Cc1ccccc1Cl. The van der Waals surface area contributed by atoms with Crippen LogP contribution in [0.4, 0.5) is 9.18 Å². The molecule has 1 heterocycles. The van der Waals surface area contributed by atoms with Crippen molar-refractivity contribution in [3.05, 3.63) is 104 Å². The molecule has 3 aromatic rings. The van der Waals surface area contributed by atoms with Gasteiger partial charge in [-0.1, -0.05) is 59.6 Å². The Bertz CT molecular complexity index is 1210. The van der Waals surface area contributed by atoms with Gasteiger partial charge in [-0.25, -0.2) is 4.39 Å². The average Bonchev–Trinajstić information content (AvgIpc) is 3.02. The number of rotatable bonds is 6. The minimum absolute atomic E-state index is 0.0384.